The number of fused-ring (bicyclic) bond motifs is 2. The van der Waals surface area contributed by atoms with Gasteiger partial charge >= 0.3 is 252 Å². The molecular weight excluding hydrogens is 643 g/mol. The van der Waals surface area contributed by atoms with Crippen LogP contribution in [0.5, 0.6) is 0 Å². The standard InChI is InChI=1S/2C14H11O.C7H9Si.2ClH.Zr/c2*1-10-8-11-4-2-5-12(13(11)9-10)14-6-3-7-15-14;1-8-7-5-3-2-4-6-7;;;/h2*2-9H,1H3;2-6,8H,1H3;2*1H;/q;;;;;+2/p-2. The quantitative estimate of drug-likeness (QED) is 0.168. The molecule has 2 aromatic heterocycles. The Morgan fingerprint density at radius 3 is 1.54 bits per heavy atom. The van der Waals surface area contributed by atoms with E-state index in [1.54, 1.807) is 12.5 Å². The van der Waals surface area contributed by atoms with Gasteiger partial charge in [0.25, 0.3) is 0 Å². The third-order valence-corrected chi connectivity index (χ3v) is 57.0. The van der Waals surface area contributed by atoms with Crippen LogP contribution in [-0.4, -0.2) is 5.92 Å². The topological polar surface area (TPSA) is 26.3 Å². The molecule has 6 heteroatoms. The Bertz CT molecular complexity index is 1710. The van der Waals surface area contributed by atoms with E-state index >= 15 is 0 Å². The molecule has 0 spiro atoms. The number of hydrogen-bond donors (Lipinski definition) is 0. The van der Waals surface area contributed by atoms with Gasteiger partial charge in [-0.25, -0.2) is 0 Å². The van der Waals surface area contributed by atoms with Crippen molar-refractivity contribution in [3.63, 3.8) is 0 Å². The van der Waals surface area contributed by atoms with Crippen LogP contribution in [-0.2, 0) is 15.6 Å². The third-order valence-electron chi connectivity index (χ3n) is 9.36. The summed E-state index contributed by atoms with van der Waals surface area (Å²) in [5.41, 5.74) is 9.55. The molecule has 7 rings (SSSR count). The molecule has 3 unspecified atom stereocenters. The summed E-state index contributed by atoms with van der Waals surface area (Å²) in [6.07, 6.45) is 8.10. The van der Waals surface area contributed by atoms with Crippen LogP contribution in [0.15, 0.2) is 124 Å². The van der Waals surface area contributed by atoms with Crippen LogP contribution in [0.4, 0.5) is 0 Å². The molecule has 0 bridgehead atoms. The molecule has 2 aliphatic rings. The molecule has 0 aliphatic heterocycles. The van der Waals surface area contributed by atoms with Crippen LogP contribution < -0.4 is 5.19 Å². The second-order valence-corrected chi connectivity index (χ2v) is 51.8. The maximum absolute atomic E-state index is 8.60. The zero-order valence-corrected chi connectivity index (χ0v) is 28.4. The van der Waals surface area contributed by atoms with Crippen molar-refractivity contribution in [2.24, 2.45) is 0 Å². The van der Waals surface area contributed by atoms with Crippen LogP contribution in [0.25, 0.3) is 34.8 Å². The van der Waals surface area contributed by atoms with E-state index in [1.165, 1.54) is 38.6 Å². The number of benzene rings is 3. The molecule has 2 heterocycles. The number of allylic oxidation sites excluding steroid dienone is 2. The van der Waals surface area contributed by atoms with E-state index < -0.39 is 21.5 Å². The fourth-order valence-electron chi connectivity index (χ4n) is 7.59. The van der Waals surface area contributed by atoms with Crippen molar-refractivity contribution in [2.75, 3.05) is 0 Å². The van der Waals surface area contributed by atoms with Crippen molar-refractivity contribution in [3.05, 3.63) is 137 Å². The molecule has 41 heavy (non-hydrogen) atoms. The number of hydrogen-bond acceptors (Lipinski definition) is 2. The van der Waals surface area contributed by atoms with E-state index in [9.17, 15) is 0 Å². The molecule has 0 fully saturated rings. The van der Waals surface area contributed by atoms with E-state index in [0.717, 1.165) is 22.6 Å². The Morgan fingerprint density at radius 1 is 0.610 bits per heavy atom. The van der Waals surface area contributed by atoms with Gasteiger partial charge in [-0.2, -0.15) is 0 Å². The van der Waals surface area contributed by atoms with Crippen LogP contribution >= 0.6 is 17.0 Å². The number of furan rings is 2. The molecule has 2 nitrogen and oxygen atoms in total. The molecule has 0 N–H and O–H groups in total. The van der Waals surface area contributed by atoms with Crippen molar-refractivity contribution in [3.8, 4) is 22.6 Å². The zero-order valence-electron chi connectivity index (χ0n) is 23.3. The monoisotopic (exact) mass is 671 g/mol. The van der Waals surface area contributed by atoms with E-state index in [2.05, 4.69) is 99.3 Å². The second-order valence-electron chi connectivity index (χ2n) is 11.6. The fourth-order valence-corrected chi connectivity index (χ4v) is 49.7. The summed E-state index contributed by atoms with van der Waals surface area (Å²) in [4.78, 5) is 0. The summed E-state index contributed by atoms with van der Waals surface area (Å²) in [5, 5.41) is 1.33. The summed E-state index contributed by atoms with van der Waals surface area (Å²) < 4.78 is 11.7. The zero-order chi connectivity index (χ0) is 28.4. The molecule has 0 radical (unpaired) electrons. The predicted octanol–water partition coefficient (Wildman–Crippen LogP) is 10.1. The molecule has 3 atom stereocenters. The fraction of sp³-hybridized carbons (Fsp3) is 0.143. The van der Waals surface area contributed by atoms with Crippen molar-refractivity contribution >= 4 is 40.3 Å². The molecular formula is C35H31Cl2O2SiZr. The van der Waals surface area contributed by atoms with E-state index in [1.807, 2.05) is 24.3 Å². The van der Waals surface area contributed by atoms with Crippen molar-refractivity contribution in [1.29, 1.82) is 0 Å². The summed E-state index contributed by atoms with van der Waals surface area (Å²) in [5.74, 6) is -0.219. The number of halogens is 2. The van der Waals surface area contributed by atoms with Gasteiger partial charge in [0.05, 0.1) is 0 Å². The molecule has 205 valence electrons. The normalized spacial score (nSPS) is 19.6. The Balaban J connectivity index is 1.49. The maximum atomic E-state index is 8.60. The molecule has 0 saturated heterocycles. The summed E-state index contributed by atoms with van der Waals surface area (Å²) >= 11 is -5.00. The molecule has 5 aromatic rings. The van der Waals surface area contributed by atoms with Crippen molar-refractivity contribution in [1.82, 2.24) is 0 Å². The first-order valence-corrected chi connectivity index (χ1v) is 29.8. The van der Waals surface area contributed by atoms with Gasteiger partial charge in [-0.05, 0) is 0 Å². The summed E-state index contributed by atoms with van der Waals surface area (Å²) in [6, 6.07) is 31.8. The average molecular weight is 674 g/mol. The van der Waals surface area contributed by atoms with Gasteiger partial charge in [-0.1, -0.05) is 0 Å². The average Bonchev–Trinajstić information content (AvgIpc) is 3.78. The minimum absolute atomic E-state index is 0.0156. The molecule has 3 aromatic carbocycles. The van der Waals surface area contributed by atoms with Crippen LogP contribution in [0, 0.1) is 0 Å². The SMILES string of the molecule is CC1=Cc2c(-c3ccco3)cccc2[CH]1[Zr]([Cl])([Cl])([CH]1C(C)=Cc2c(-c3ccco3)cccc21)[SiH](C)c1ccccc1. The minimum atomic E-state index is -5.00. The van der Waals surface area contributed by atoms with Crippen LogP contribution in [0.3, 0.4) is 0 Å². The Kier molecular flexibility index (Phi) is 6.63. The van der Waals surface area contributed by atoms with Crippen molar-refractivity contribution < 1.29 is 24.4 Å². The van der Waals surface area contributed by atoms with Crippen LogP contribution in [0.1, 0.15) is 43.4 Å². The first-order chi connectivity index (χ1) is 19.8. The van der Waals surface area contributed by atoms with Gasteiger partial charge in [0.1, 0.15) is 0 Å². The Hall–Kier alpha value is -2.62. The van der Waals surface area contributed by atoms with Gasteiger partial charge in [-0.15, -0.1) is 0 Å². The third kappa shape index (κ3) is 4.06. The van der Waals surface area contributed by atoms with Gasteiger partial charge in [0, 0.05) is 0 Å². The van der Waals surface area contributed by atoms with Gasteiger partial charge in [-0.3, -0.25) is 0 Å². The first-order valence-electron chi connectivity index (χ1n) is 14.1. The molecule has 0 amide bonds. The van der Waals surface area contributed by atoms with E-state index in [0.29, 0.717) is 0 Å². The number of rotatable bonds is 6. The Labute approximate surface area is 250 Å². The predicted molar refractivity (Wildman–Crippen MR) is 172 cm³/mol. The summed E-state index contributed by atoms with van der Waals surface area (Å²) in [6.45, 7) is 6.87. The van der Waals surface area contributed by atoms with Gasteiger partial charge < -0.3 is 0 Å². The van der Waals surface area contributed by atoms with Crippen LogP contribution in [0.2, 0.25) is 6.55 Å². The van der Waals surface area contributed by atoms with E-state index in [-0.39, 0.29) is 7.25 Å². The second kappa shape index (κ2) is 9.99. The van der Waals surface area contributed by atoms with Crippen molar-refractivity contribution in [2.45, 2.75) is 27.6 Å². The summed E-state index contributed by atoms with van der Waals surface area (Å²) in [7, 11) is 17.2. The Morgan fingerprint density at radius 2 is 1.10 bits per heavy atom. The van der Waals surface area contributed by atoms with E-state index in [4.69, 9.17) is 25.9 Å². The first kappa shape index (κ1) is 27.2. The van der Waals surface area contributed by atoms with Gasteiger partial charge in [0.15, 0.2) is 0 Å². The molecule has 0 saturated carbocycles. The van der Waals surface area contributed by atoms with Gasteiger partial charge in [0.2, 0.25) is 0 Å². The molecule has 2 aliphatic carbocycles.